The van der Waals surface area contributed by atoms with Gasteiger partial charge in [0.25, 0.3) is 5.56 Å². The summed E-state index contributed by atoms with van der Waals surface area (Å²) in [6.45, 7) is 0. The van der Waals surface area contributed by atoms with E-state index in [-0.39, 0.29) is 11.0 Å². The number of aromatic nitrogens is 2. The number of hydrogen-bond acceptors (Lipinski definition) is 3. The standard InChI is InChI=1S/C18H20N2O2/c1-22-13-2-3-14-15(6-13)19-17(20-16(14)21)18-7-10-4-11(8-18)12(5-10)9-18/h2-3,6,10-12H,4-5,7-9H2,1H3,(H,19,20,21). The lowest BCUT2D eigenvalue weighted by atomic mass is 9.69. The SMILES string of the molecule is COc1ccc2c(=O)[nH]c(C34CC5CC(C3)C(C5)C4)nc2c1. The molecule has 2 aromatic rings. The van der Waals surface area contributed by atoms with E-state index in [2.05, 4.69) is 4.98 Å². The van der Waals surface area contributed by atoms with Crippen molar-refractivity contribution >= 4 is 10.9 Å². The van der Waals surface area contributed by atoms with E-state index in [0.29, 0.717) is 5.39 Å². The summed E-state index contributed by atoms with van der Waals surface area (Å²) in [7, 11) is 1.64. The van der Waals surface area contributed by atoms with E-state index >= 15 is 0 Å². The second kappa shape index (κ2) is 4.12. The molecule has 4 fully saturated rings. The van der Waals surface area contributed by atoms with Gasteiger partial charge in [-0.15, -0.1) is 0 Å². The zero-order valence-corrected chi connectivity index (χ0v) is 12.8. The zero-order chi connectivity index (χ0) is 14.9. The number of hydrogen-bond donors (Lipinski definition) is 1. The first-order valence-electron chi connectivity index (χ1n) is 8.25. The molecule has 4 saturated carbocycles. The summed E-state index contributed by atoms with van der Waals surface area (Å²) in [4.78, 5) is 20.4. The molecule has 0 spiro atoms. The fourth-order valence-electron chi connectivity index (χ4n) is 5.60. The molecule has 2 unspecified atom stereocenters. The summed E-state index contributed by atoms with van der Waals surface area (Å²) >= 11 is 0. The van der Waals surface area contributed by atoms with Crippen LogP contribution in [-0.2, 0) is 5.41 Å². The first-order valence-corrected chi connectivity index (χ1v) is 8.25. The lowest BCUT2D eigenvalue weighted by molar-refractivity contribution is 0.218. The minimum absolute atomic E-state index is 0.0141. The Morgan fingerprint density at radius 1 is 1.23 bits per heavy atom. The van der Waals surface area contributed by atoms with Crippen LogP contribution >= 0.6 is 0 Å². The average Bonchev–Trinajstić information content (AvgIpc) is 2.94. The van der Waals surface area contributed by atoms with Crippen LogP contribution in [0.3, 0.4) is 0 Å². The van der Waals surface area contributed by atoms with Gasteiger partial charge in [-0.1, -0.05) is 0 Å². The predicted molar refractivity (Wildman–Crippen MR) is 84.1 cm³/mol. The van der Waals surface area contributed by atoms with Crippen LogP contribution in [-0.4, -0.2) is 17.1 Å². The van der Waals surface area contributed by atoms with Crippen LogP contribution < -0.4 is 10.3 Å². The molecule has 0 saturated heterocycles. The highest BCUT2D eigenvalue weighted by atomic mass is 16.5. The minimum Gasteiger partial charge on any atom is -0.497 e. The molecule has 1 heterocycles. The van der Waals surface area contributed by atoms with Gasteiger partial charge in [-0.3, -0.25) is 4.79 Å². The molecule has 1 N–H and O–H groups in total. The maximum atomic E-state index is 12.5. The van der Waals surface area contributed by atoms with Gasteiger partial charge in [0, 0.05) is 11.5 Å². The van der Waals surface area contributed by atoms with Crippen LogP contribution in [0.25, 0.3) is 10.9 Å². The molecule has 4 heteroatoms. The third-order valence-corrected chi connectivity index (χ3v) is 6.34. The maximum absolute atomic E-state index is 12.5. The number of ether oxygens (including phenoxy) is 1. The lowest BCUT2D eigenvalue weighted by Crippen LogP contribution is -2.35. The number of rotatable bonds is 2. The highest BCUT2D eigenvalue weighted by Gasteiger charge is 2.57. The zero-order valence-electron chi connectivity index (χ0n) is 12.8. The van der Waals surface area contributed by atoms with Crippen LogP contribution in [0.4, 0.5) is 0 Å². The number of aromatic amines is 1. The van der Waals surface area contributed by atoms with Gasteiger partial charge in [0.05, 0.1) is 18.0 Å². The Hall–Kier alpha value is -1.84. The third kappa shape index (κ3) is 1.58. The van der Waals surface area contributed by atoms with Crippen molar-refractivity contribution in [3.63, 3.8) is 0 Å². The Labute approximate surface area is 128 Å². The van der Waals surface area contributed by atoms with E-state index < -0.39 is 0 Å². The fourth-order valence-corrected chi connectivity index (χ4v) is 5.60. The van der Waals surface area contributed by atoms with Crippen molar-refractivity contribution in [3.8, 4) is 5.75 Å². The molecule has 2 atom stereocenters. The number of nitrogens with zero attached hydrogens (tertiary/aromatic N) is 1. The highest BCUT2D eigenvalue weighted by molar-refractivity contribution is 5.79. The first-order chi connectivity index (χ1) is 10.7. The molecule has 0 radical (unpaired) electrons. The molecule has 4 aliphatic carbocycles. The second-order valence-corrected chi connectivity index (χ2v) is 7.55. The number of H-pyrrole nitrogens is 1. The summed E-state index contributed by atoms with van der Waals surface area (Å²) in [5.41, 5.74) is 0.877. The Kier molecular flexibility index (Phi) is 2.37. The lowest BCUT2D eigenvalue weighted by Gasteiger charge is -2.37. The fraction of sp³-hybridized carbons (Fsp3) is 0.556. The van der Waals surface area contributed by atoms with Crippen LogP contribution in [0, 0.1) is 17.8 Å². The predicted octanol–water partition coefficient (Wildman–Crippen LogP) is 3.01. The van der Waals surface area contributed by atoms with E-state index in [1.165, 1.54) is 32.1 Å². The van der Waals surface area contributed by atoms with Crippen LogP contribution in [0.5, 0.6) is 5.75 Å². The summed E-state index contributed by atoms with van der Waals surface area (Å²) in [6.07, 6.45) is 6.44. The molecule has 1 aromatic carbocycles. The van der Waals surface area contributed by atoms with Crippen molar-refractivity contribution in [2.75, 3.05) is 7.11 Å². The first kappa shape index (κ1) is 12.7. The minimum atomic E-state index is -0.0141. The molecule has 4 nitrogen and oxygen atoms in total. The molecular weight excluding hydrogens is 276 g/mol. The third-order valence-electron chi connectivity index (χ3n) is 6.34. The summed E-state index contributed by atoms with van der Waals surface area (Å²) in [6, 6.07) is 5.50. The van der Waals surface area contributed by atoms with Gasteiger partial charge in [-0.25, -0.2) is 4.98 Å². The molecule has 114 valence electrons. The monoisotopic (exact) mass is 296 g/mol. The molecule has 0 amide bonds. The smallest absolute Gasteiger partial charge is 0.258 e. The van der Waals surface area contributed by atoms with E-state index in [9.17, 15) is 4.79 Å². The summed E-state index contributed by atoms with van der Waals surface area (Å²) in [5.74, 6) is 4.26. The van der Waals surface area contributed by atoms with Gasteiger partial charge in [0.15, 0.2) is 0 Å². The highest BCUT2D eigenvalue weighted by Crippen LogP contribution is 2.64. The Morgan fingerprint density at radius 3 is 2.68 bits per heavy atom. The number of nitrogens with one attached hydrogen (secondary N) is 1. The van der Waals surface area contributed by atoms with Crippen molar-refractivity contribution in [2.45, 2.75) is 37.5 Å². The van der Waals surface area contributed by atoms with E-state index in [4.69, 9.17) is 9.72 Å². The number of methoxy groups -OCH3 is 1. The Bertz CT molecular complexity index is 806. The molecule has 0 aliphatic heterocycles. The van der Waals surface area contributed by atoms with Crippen molar-refractivity contribution in [1.82, 2.24) is 9.97 Å². The van der Waals surface area contributed by atoms with Gasteiger partial charge < -0.3 is 9.72 Å². The van der Waals surface area contributed by atoms with E-state index in [0.717, 1.165) is 34.8 Å². The van der Waals surface area contributed by atoms with Crippen molar-refractivity contribution in [2.24, 2.45) is 17.8 Å². The van der Waals surface area contributed by atoms with Gasteiger partial charge in [0.2, 0.25) is 0 Å². The largest absolute Gasteiger partial charge is 0.497 e. The van der Waals surface area contributed by atoms with Gasteiger partial charge >= 0.3 is 0 Å². The molecule has 6 rings (SSSR count). The van der Waals surface area contributed by atoms with Gasteiger partial charge in [-0.05, 0) is 62.0 Å². The quantitative estimate of drug-likeness (QED) is 0.927. The molecule has 1 aromatic heterocycles. The van der Waals surface area contributed by atoms with Gasteiger partial charge in [-0.2, -0.15) is 0 Å². The number of fused-ring (bicyclic) bond motifs is 1. The molecule has 22 heavy (non-hydrogen) atoms. The topological polar surface area (TPSA) is 55.0 Å². The molecule has 4 aliphatic rings. The van der Waals surface area contributed by atoms with Crippen LogP contribution in [0.2, 0.25) is 0 Å². The Morgan fingerprint density at radius 2 is 2.00 bits per heavy atom. The normalized spacial score (nSPS) is 35.4. The average molecular weight is 296 g/mol. The van der Waals surface area contributed by atoms with Crippen molar-refractivity contribution in [1.29, 1.82) is 0 Å². The number of benzene rings is 1. The molecular formula is C18H20N2O2. The summed E-state index contributed by atoms with van der Waals surface area (Å²) in [5, 5.41) is 0.650. The van der Waals surface area contributed by atoms with E-state index in [1.54, 1.807) is 13.2 Å². The summed E-state index contributed by atoms with van der Waals surface area (Å²) < 4.78 is 5.28. The van der Waals surface area contributed by atoms with Crippen molar-refractivity contribution < 1.29 is 4.74 Å². The molecule has 4 bridgehead atoms. The van der Waals surface area contributed by atoms with Gasteiger partial charge in [0.1, 0.15) is 11.6 Å². The Balaban J connectivity index is 1.68. The van der Waals surface area contributed by atoms with E-state index in [1.807, 2.05) is 12.1 Å². The van der Waals surface area contributed by atoms with Crippen LogP contribution in [0.1, 0.15) is 37.9 Å². The second-order valence-electron chi connectivity index (χ2n) is 7.55. The maximum Gasteiger partial charge on any atom is 0.258 e. The van der Waals surface area contributed by atoms with Crippen LogP contribution in [0.15, 0.2) is 23.0 Å². The van der Waals surface area contributed by atoms with Crippen molar-refractivity contribution in [3.05, 3.63) is 34.4 Å².